The number of allylic oxidation sites excluding steroid dienone is 1. The zero-order chi connectivity index (χ0) is 21.8. The van der Waals surface area contributed by atoms with Gasteiger partial charge in [0.2, 0.25) is 5.91 Å². The summed E-state index contributed by atoms with van der Waals surface area (Å²) < 4.78 is 0. The van der Waals surface area contributed by atoms with Gasteiger partial charge in [-0.25, -0.2) is 4.79 Å². The van der Waals surface area contributed by atoms with Gasteiger partial charge in [0.25, 0.3) is 0 Å². The average molecular weight is 446 g/mol. The molecule has 0 aliphatic carbocycles. The number of likely N-dealkylation sites (tertiary alicyclic amines) is 1. The summed E-state index contributed by atoms with van der Waals surface area (Å²) >= 11 is 12.4. The third-order valence-electron chi connectivity index (χ3n) is 5.77. The minimum absolute atomic E-state index is 0.110. The molecule has 1 fully saturated rings. The van der Waals surface area contributed by atoms with E-state index in [0.29, 0.717) is 29.3 Å². The molecule has 0 saturated carbocycles. The normalized spacial score (nSPS) is 22.6. The van der Waals surface area contributed by atoms with Gasteiger partial charge < -0.3 is 10.0 Å². The number of amides is 1. The fourth-order valence-corrected chi connectivity index (χ4v) is 4.75. The first-order valence-electron chi connectivity index (χ1n) is 10.0. The van der Waals surface area contributed by atoms with Crippen LogP contribution in [-0.2, 0) is 9.59 Å². The summed E-state index contributed by atoms with van der Waals surface area (Å²) in [6.45, 7) is 5.58. The molecule has 4 atom stereocenters. The first-order chi connectivity index (χ1) is 14.4. The minimum Gasteiger partial charge on any atom is -0.480 e. The number of carbonyl (C=O) groups is 2. The zero-order valence-corrected chi connectivity index (χ0v) is 18.3. The second kappa shape index (κ2) is 9.67. The monoisotopic (exact) mass is 445 g/mol. The van der Waals surface area contributed by atoms with Crippen LogP contribution in [0, 0.1) is 5.92 Å². The summed E-state index contributed by atoms with van der Waals surface area (Å²) in [7, 11) is 0. The largest absolute Gasteiger partial charge is 0.480 e. The van der Waals surface area contributed by atoms with Crippen molar-refractivity contribution in [1.29, 1.82) is 0 Å². The fraction of sp³-hybridized carbons (Fsp3) is 0.333. The minimum atomic E-state index is -1.01. The van der Waals surface area contributed by atoms with Crippen LogP contribution in [0.1, 0.15) is 49.3 Å². The van der Waals surface area contributed by atoms with Crippen LogP contribution < -0.4 is 0 Å². The number of aliphatic carboxylic acids is 1. The topological polar surface area (TPSA) is 57.6 Å². The molecule has 158 valence electrons. The highest BCUT2D eigenvalue weighted by Crippen LogP contribution is 2.47. The lowest BCUT2D eigenvalue weighted by atomic mass is 9.74. The standard InChI is InChI=1S/C24H25Cl2NO3/c1-3-6-17-14-20(16-7-5-8-19(26)13-16)22(15-9-11-18(25)12-10-15)27(23(17)28)21(4-2)24(29)30/h3,5,7-13,17,20-22H,1,4,6,14H2,2H3,(H,29,30)/t17?,20-,21?,22-/m1/s1. The van der Waals surface area contributed by atoms with Gasteiger partial charge in [0.15, 0.2) is 0 Å². The number of hydrogen-bond donors (Lipinski definition) is 1. The van der Waals surface area contributed by atoms with Gasteiger partial charge in [-0.2, -0.15) is 0 Å². The average Bonchev–Trinajstić information content (AvgIpc) is 2.71. The molecule has 1 saturated heterocycles. The van der Waals surface area contributed by atoms with Crippen LogP contribution in [0.2, 0.25) is 10.0 Å². The van der Waals surface area contributed by atoms with Crippen LogP contribution in [0.3, 0.4) is 0 Å². The highest BCUT2D eigenvalue weighted by Gasteiger charge is 2.46. The maximum atomic E-state index is 13.5. The first kappa shape index (κ1) is 22.4. The summed E-state index contributed by atoms with van der Waals surface area (Å²) in [6, 6.07) is 13.5. The molecule has 1 heterocycles. The molecule has 0 bridgehead atoms. The van der Waals surface area contributed by atoms with Gasteiger partial charge in [-0.1, -0.05) is 60.5 Å². The number of carboxylic acid groups (broad SMARTS) is 1. The van der Waals surface area contributed by atoms with Crippen LogP contribution in [0.5, 0.6) is 0 Å². The number of hydrogen-bond acceptors (Lipinski definition) is 2. The second-order valence-corrected chi connectivity index (χ2v) is 8.50. The van der Waals surface area contributed by atoms with Crippen LogP contribution in [0.25, 0.3) is 0 Å². The van der Waals surface area contributed by atoms with Gasteiger partial charge in [-0.3, -0.25) is 4.79 Å². The molecular weight excluding hydrogens is 421 g/mol. The Hall–Kier alpha value is -2.30. The summed E-state index contributed by atoms with van der Waals surface area (Å²) in [6.07, 6.45) is 3.12. The smallest absolute Gasteiger partial charge is 0.326 e. The highest BCUT2D eigenvalue weighted by atomic mass is 35.5. The Balaban J connectivity index is 2.20. The molecule has 6 heteroatoms. The Morgan fingerprint density at radius 2 is 1.90 bits per heavy atom. The lowest BCUT2D eigenvalue weighted by molar-refractivity contribution is -0.159. The van der Waals surface area contributed by atoms with Crippen LogP contribution in [0.15, 0.2) is 61.2 Å². The van der Waals surface area contributed by atoms with Crippen LogP contribution >= 0.6 is 23.2 Å². The van der Waals surface area contributed by atoms with Crippen molar-refractivity contribution in [3.63, 3.8) is 0 Å². The molecule has 4 nitrogen and oxygen atoms in total. The van der Waals surface area contributed by atoms with Gasteiger partial charge in [-0.15, -0.1) is 6.58 Å². The van der Waals surface area contributed by atoms with Crippen molar-refractivity contribution in [2.75, 3.05) is 0 Å². The van der Waals surface area contributed by atoms with Crippen molar-refractivity contribution in [3.05, 3.63) is 82.4 Å². The van der Waals surface area contributed by atoms with E-state index in [4.69, 9.17) is 23.2 Å². The van der Waals surface area contributed by atoms with Crippen molar-refractivity contribution in [1.82, 2.24) is 4.90 Å². The molecular formula is C24H25Cl2NO3. The Bertz CT molecular complexity index is 928. The number of carbonyl (C=O) groups excluding carboxylic acids is 1. The number of nitrogens with zero attached hydrogens (tertiary/aromatic N) is 1. The van der Waals surface area contributed by atoms with Gasteiger partial charge in [0, 0.05) is 21.9 Å². The van der Waals surface area contributed by atoms with Crippen molar-refractivity contribution >= 4 is 35.1 Å². The maximum absolute atomic E-state index is 13.5. The van der Waals surface area contributed by atoms with Crippen molar-refractivity contribution < 1.29 is 14.7 Å². The zero-order valence-electron chi connectivity index (χ0n) is 16.8. The van der Waals surface area contributed by atoms with Crippen molar-refractivity contribution in [3.8, 4) is 0 Å². The van der Waals surface area contributed by atoms with Gasteiger partial charge >= 0.3 is 5.97 Å². The van der Waals surface area contributed by atoms with Gasteiger partial charge in [-0.05, 0) is 54.7 Å². The molecule has 0 radical (unpaired) electrons. The Morgan fingerprint density at radius 1 is 1.20 bits per heavy atom. The molecule has 30 heavy (non-hydrogen) atoms. The van der Waals surface area contributed by atoms with Crippen molar-refractivity contribution in [2.24, 2.45) is 5.92 Å². The van der Waals surface area contributed by atoms with E-state index in [1.165, 1.54) is 0 Å². The summed E-state index contributed by atoms with van der Waals surface area (Å²) in [5.74, 6) is -1.60. The van der Waals surface area contributed by atoms with Crippen LogP contribution in [0.4, 0.5) is 0 Å². The van der Waals surface area contributed by atoms with E-state index in [1.54, 1.807) is 36.1 Å². The lowest BCUT2D eigenvalue weighted by Gasteiger charge is -2.47. The molecule has 0 spiro atoms. The van der Waals surface area contributed by atoms with E-state index in [9.17, 15) is 14.7 Å². The third kappa shape index (κ3) is 4.55. The summed E-state index contributed by atoms with van der Waals surface area (Å²) in [4.78, 5) is 27.2. The predicted octanol–water partition coefficient (Wildman–Crippen LogP) is 6.11. The molecule has 0 aromatic heterocycles. The van der Waals surface area contributed by atoms with E-state index < -0.39 is 18.1 Å². The SMILES string of the molecule is C=CCC1C[C@H](c2cccc(Cl)c2)[C@@H](c2ccc(Cl)cc2)N(C(CC)C(=O)O)C1=O. The van der Waals surface area contributed by atoms with E-state index in [0.717, 1.165) is 11.1 Å². The maximum Gasteiger partial charge on any atom is 0.326 e. The quantitative estimate of drug-likeness (QED) is 0.523. The molecule has 3 rings (SSSR count). The molecule has 1 N–H and O–H groups in total. The molecule has 1 aliphatic heterocycles. The molecule has 2 unspecified atom stereocenters. The summed E-state index contributed by atoms with van der Waals surface area (Å²) in [5.41, 5.74) is 1.84. The second-order valence-electron chi connectivity index (χ2n) is 7.62. The number of piperidine rings is 1. The number of rotatable bonds is 7. The third-order valence-corrected chi connectivity index (χ3v) is 6.26. The van der Waals surface area contributed by atoms with Crippen molar-refractivity contribution in [2.45, 2.75) is 44.2 Å². The number of halogens is 2. The van der Waals surface area contributed by atoms with E-state index >= 15 is 0 Å². The Morgan fingerprint density at radius 3 is 2.47 bits per heavy atom. The highest BCUT2D eigenvalue weighted by molar-refractivity contribution is 6.30. The van der Waals surface area contributed by atoms with Crippen LogP contribution in [-0.4, -0.2) is 27.9 Å². The van der Waals surface area contributed by atoms with Gasteiger partial charge in [0.1, 0.15) is 6.04 Å². The predicted molar refractivity (Wildman–Crippen MR) is 120 cm³/mol. The fourth-order valence-electron chi connectivity index (χ4n) is 4.42. The molecule has 1 amide bonds. The number of benzene rings is 2. The summed E-state index contributed by atoms with van der Waals surface area (Å²) in [5, 5.41) is 11.1. The molecule has 2 aromatic carbocycles. The lowest BCUT2D eigenvalue weighted by Crippen LogP contribution is -2.54. The molecule has 1 aliphatic rings. The van der Waals surface area contributed by atoms with E-state index in [2.05, 4.69) is 6.58 Å². The Labute approximate surface area is 187 Å². The number of carboxylic acids is 1. The van der Waals surface area contributed by atoms with Gasteiger partial charge in [0.05, 0.1) is 6.04 Å². The van der Waals surface area contributed by atoms with E-state index in [1.807, 2.05) is 30.3 Å². The Kier molecular flexibility index (Phi) is 7.22. The first-order valence-corrected chi connectivity index (χ1v) is 10.8. The van der Waals surface area contributed by atoms with E-state index in [-0.39, 0.29) is 17.7 Å². The molecule has 2 aromatic rings.